The molecule has 106 valence electrons. The molecule has 2 nitrogen and oxygen atoms in total. The molecule has 0 aromatic heterocycles. The first-order valence-corrected chi connectivity index (χ1v) is 7.51. The lowest BCUT2D eigenvalue weighted by molar-refractivity contribution is 0.00350. The van der Waals surface area contributed by atoms with Crippen molar-refractivity contribution in [2.45, 2.75) is 58.5 Å². The van der Waals surface area contributed by atoms with Crippen LogP contribution in [0.2, 0.25) is 0 Å². The van der Waals surface area contributed by atoms with Crippen LogP contribution in [0.1, 0.15) is 51.5 Å². The maximum absolute atomic E-state index is 6.00. The summed E-state index contributed by atoms with van der Waals surface area (Å²) in [7, 11) is 0. The summed E-state index contributed by atoms with van der Waals surface area (Å²) in [5.41, 5.74) is 8.47. The number of rotatable bonds is 5. The second-order valence-corrected chi connectivity index (χ2v) is 6.58. The minimum Gasteiger partial charge on any atom is -0.399 e. The summed E-state index contributed by atoms with van der Waals surface area (Å²) in [4.78, 5) is 0. The number of hydrogen-bond donors (Lipinski definition) is 1. The molecule has 0 radical (unpaired) electrons. The Bertz CT molecular complexity index is 390. The van der Waals surface area contributed by atoms with Gasteiger partial charge in [-0.3, -0.25) is 0 Å². The summed E-state index contributed by atoms with van der Waals surface area (Å²) < 4.78 is 6.00. The molecule has 0 unspecified atom stereocenters. The van der Waals surface area contributed by atoms with Crippen molar-refractivity contribution in [2.24, 2.45) is 5.41 Å². The monoisotopic (exact) mass is 261 g/mol. The van der Waals surface area contributed by atoms with Gasteiger partial charge in [0.15, 0.2) is 0 Å². The fraction of sp³-hybridized carbons (Fsp3) is 0.647. The molecule has 19 heavy (non-hydrogen) atoms. The first-order valence-electron chi connectivity index (χ1n) is 7.51. The van der Waals surface area contributed by atoms with Gasteiger partial charge in [-0.15, -0.1) is 0 Å². The fourth-order valence-corrected chi connectivity index (χ4v) is 2.81. The van der Waals surface area contributed by atoms with Crippen LogP contribution in [0.25, 0.3) is 0 Å². The molecule has 0 heterocycles. The van der Waals surface area contributed by atoms with Gasteiger partial charge in [0.1, 0.15) is 0 Å². The molecule has 0 saturated heterocycles. The summed E-state index contributed by atoms with van der Waals surface area (Å²) in [6, 6.07) is 8.15. The van der Waals surface area contributed by atoms with E-state index >= 15 is 0 Å². The Hall–Kier alpha value is -1.02. The van der Waals surface area contributed by atoms with Crippen LogP contribution in [0, 0.1) is 5.41 Å². The average Bonchev–Trinajstić information content (AvgIpc) is 2.36. The molecular weight excluding hydrogens is 234 g/mol. The fourth-order valence-electron chi connectivity index (χ4n) is 2.81. The van der Waals surface area contributed by atoms with Crippen molar-refractivity contribution < 1.29 is 4.74 Å². The summed E-state index contributed by atoms with van der Waals surface area (Å²) in [5.74, 6) is 0. The van der Waals surface area contributed by atoms with Gasteiger partial charge < -0.3 is 10.5 Å². The molecule has 1 aromatic rings. The van der Waals surface area contributed by atoms with Crippen molar-refractivity contribution in [1.82, 2.24) is 0 Å². The summed E-state index contributed by atoms with van der Waals surface area (Å²) >= 11 is 0. The zero-order valence-electron chi connectivity index (χ0n) is 12.3. The first-order chi connectivity index (χ1) is 9.05. The van der Waals surface area contributed by atoms with E-state index in [4.69, 9.17) is 10.5 Å². The zero-order chi connectivity index (χ0) is 13.7. The highest BCUT2D eigenvalue weighted by molar-refractivity contribution is 5.40. The van der Waals surface area contributed by atoms with Gasteiger partial charge in [-0.1, -0.05) is 26.0 Å². The highest BCUT2D eigenvalue weighted by atomic mass is 16.5. The topological polar surface area (TPSA) is 35.2 Å². The molecule has 1 aliphatic carbocycles. The normalized spacial score (nSPS) is 19.5. The molecule has 0 amide bonds. The van der Waals surface area contributed by atoms with Crippen molar-refractivity contribution in [1.29, 1.82) is 0 Å². The number of anilines is 1. The largest absolute Gasteiger partial charge is 0.399 e. The lowest BCUT2D eigenvalue weighted by Gasteiger charge is -2.34. The Morgan fingerprint density at radius 3 is 2.68 bits per heavy atom. The number of benzene rings is 1. The Labute approximate surface area is 117 Å². The third-order valence-electron chi connectivity index (χ3n) is 4.20. The van der Waals surface area contributed by atoms with Gasteiger partial charge in [0.25, 0.3) is 0 Å². The van der Waals surface area contributed by atoms with E-state index in [1.807, 2.05) is 12.1 Å². The van der Waals surface area contributed by atoms with Crippen LogP contribution in [-0.4, -0.2) is 12.7 Å². The lowest BCUT2D eigenvalue weighted by atomic mass is 9.76. The lowest BCUT2D eigenvalue weighted by Crippen LogP contribution is -2.26. The second-order valence-electron chi connectivity index (χ2n) is 6.58. The standard InChI is InChI=1S/C17H27NO/c1-17(2)10-8-16(9-11-17)19-12-4-6-14-5-3-7-15(18)13-14/h3,5,7,13,16H,4,6,8-12,18H2,1-2H3. The van der Waals surface area contributed by atoms with Crippen LogP contribution < -0.4 is 5.73 Å². The van der Waals surface area contributed by atoms with Gasteiger partial charge >= 0.3 is 0 Å². The van der Waals surface area contributed by atoms with E-state index < -0.39 is 0 Å². The van der Waals surface area contributed by atoms with Crippen LogP contribution in [0.4, 0.5) is 5.69 Å². The molecule has 0 spiro atoms. The van der Waals surface area contributed by atoms with Gasteiger partial charge in [-0.2, -0.15) is 0 Å². The highest BCUT2D eigenvalue weighted by Crippen LogP contribution is 2.36. The average molecular weight is 261 g/mol. The van der Waals surface area contributed by atoms with Crippen LogP contribution in [0.15, 0.2) is 24.3 Å². The van der Waals surface area contributed by atoms with Crippen LogP contribution >= 0.6 is 0 Å². The smallest absolute Gasteiger partial charge is 0.0575 e. The first kappa shape index (κ1) is 14.4. The highest BCUT2D eigenvalue weighted by Gasteiger charge is 2.26. The Morgan fingerprint density at radius 2 is 2.00 bits per heavy atom. The minimum absolute atomic E-state index is 0.494. The van der Waals surface area contributed by atoms with Crippen LogP contribution in [0.3, 0.4) is 0 Å². The van der Waals surface area contributed by atoms with E-state index in [0.29, 0.717) is 11.5 Å². The summed E-state index contributed by atoms with van der Waals surface area (Å²) in [6.07, 6.45) is 7.69. The molecule has 1 saturated carbocycles. The molecular formula is C17H27NO. The molecule has 2 rings (SSSR count). The predicted molar refractivity (Wildman–Crippen MR) is 81.2 cm³/mol. The van der Waals surface area contributed by atoms with Crippen molar-refractivity contribution in [3.05, 3.63) is 29.8 Å². The number of nitrogens with two attached hydrogens (primary N) is 1. The van der Waals surface area contributed by atoms with Crippen molar-refractivity contribution in [3.63, 3.8) is 0 Å². The van der Waals surface area contributed by atoms with Crippen LogP contribution in [-0.2, 0) is 11.2 Å². The van der Waals surface area contributed by atoms with E-state index in [-0.39, 0.29) is 0 Å². The van der Waals surface area contributed by atoms with E-state index in [1.54, 1.807) is 0 Å². The molecule has 1 aliphatic rings. The molecule has 0 aliphatic heterocycles. The van der Waals surface area contributed by atoms with Gasteiger partial charge in [-0.05, 0) is 61.6 Å². The Morgan fingerprint density at radius 1 is 1.26 bits per heavy atom. The van der Waals surface area contributed by atoms with Crippen molar-refractivity contribution in [3.8, 4) is 0 Å². The molecule has 1 fully saturated rings. The molecule has 2 N–H and O–H groups in total. The Balaban J connectivity index is 1.62. The zero-order valence-corrected chi connectivity index (χ0v) is 12.3. The minimum atomic E-state index is 0.494. The molecule has 2 heteroatoms. The van der Waals surface area contributed by atoms with E-state index in [1.165, 1.54) is 31.2 Å². The van der Waals surface area contributed by atoms with Gasteiger partial charge in [0, 0.05) is 12.3 Å². The van der Waals surface area contributed by atoms with Crippen molar-refractivity contribution in [2.75, 3.05) is 12.3 Å². The number of aryl methyl sites for hydroxylation is 1. The molecule has 1 aromatic carbocycles. The molecule has 0 bridgehead atoms. The maximum atomic E-state index is 6.00. The summed E-state index contributed by atoms with van der Waals surface area (Å²) in [6.45, 7) is 5.60. The third-order valence-corrected chi connectivity index (χ3v) is 4.20. The van der Waals surface area contributed by atoms with E-state index in [0.717, 1.165) is 25.1 Å². The van der Waals surface area contributed by atoms with Crippen LogP contribution in [0.5, 0.6) is 0 Å². The molecule has 0 atom stereocenters. The maximum Gasteiger partial charge on any atom is 0.0575 e. The number of ether oxygens (including phenoxy) is 1. The quantitative estimate of drug-likeness (QED) is 0.637. The van der Waals surface area contributed by atoms with E-state index in [9.17, 15) is 0 Å². The number of hydrogen-bond acceptors (Lipinski definition) is 2. The third kappa shape index (κ3) is 4.87. The van der Waals surface area contributed by atoms with Gasteiger partial charge in [-0.25, -0.2) is 0 Å². The predicted octanol–water partition coefficient (Wildman–Crippen LogP) is 4.19. The number of nitrogen functional groups attached to an aromatic ring is 1. The van der Waals surface area contributed by atoms with E-state index in [2.05, 4.69) is 26.0 Å². The van der Waals surface area contributed by atoms with Crippen molar-refractivity contribution >= 4 is 5.69 Å². The van der Waals surface area contributed by atoms with Gasteiger partial charge in [0.2, 0.25) is 0 Å². The van der Waals surface area contributed by atoms with Gasteiger partial charge in [0.05, 0.1) is 6.10 Å². The summed E-state index contributed by atoms with van der Waals surface area (Å²) in [5, 5.41) is 0. The second kappa shape index (κ2) is 6.42. The SMILES string of the molecule is CC1(C)CCC(OCCCc2cccc(N)c2)CC1. The Kier molecular flexibility index (Phi) is 4.87.